The number of hydrogen-bond acceptors (Lipinski definition) is 3. The second kappa shape index (κ2) is 5.36. The summed E-state index contributed by atoms with van der Waals surface area (Å²) < 4.78 is 29.3. The highest BCUT2D eigenvalue weighted by atomic mass is 16.4. The summed E-state index contributed by atoms with van der Waals surface area (Å²) >= 11 is 0. The van der Waals surface area contributed by atoms with Gasteiger partial charge < -0.3 is 22.3 Å². The number of rotatable bonds is 5. The number of nitrogens with two attached hydrogens (primary N) is 3. The summed E-state index contributed by atoms with van der Waals surface area (Å²) in [5.41, 5.74) is 15.0. The minimum Gasteiger partial charge on any atom is -0.480 e. The van der Waals surface area contributed by atoms with Crippen LogP contribution in [0.3, 0.4) is 0 Å². The minimum absolute atomic E-state index is 0.585. The smallest absolute Gasteiger partial charge is 0.320 e. The van der Waals surface area contributed by atoms with Gasteiger partial charge in [-0.3, -0.25) is 9.79 Å². The van der Waals surface area contributed by atoms with Gasteiger partial charge in [0.05, 0.1) is 2.74 Å². The third-order valence-corrected chi connectivity index (χ3v) is 0.857. The number of aliphatic imine (C=N–C) groups is 1. The van der Waals surface area contributed by atoms with Crippen LogP contribution >= 0.6 is 0 Å². The second-order valence-electron chi connectivity index (χ2n) is 1.89. The first-order chi connectivity index (χ1) is 7.09. The highest BCUT2D eigenvalue weighted by molar-refractivity contribution is 5.75. The van der Waals surface area contributed by atoms with E-state index in [0.29, 0.717) is 0 Å². The topological polar surface area (TPSA) is 128 Å². The number of carboxylic acids is 1. The van der Waals surface area contributed by atoms with Crippen molar-refractivity contribution in [2.45, 2.75) is 18.8 Å². The van der Waals surface area contributed by atoms with Crippen molar-refractivity contribution < 1.29 is 15.4 Å². The van der Waals surface area contributed by atoms with Gasteiger partial charge in [-0.2, -0.15) is 0 Å². The molecule has 0 aliphatic rings. The Labute approximate surface area is 76.1 Å². The number of carboxylic acid groups (broad SMARTS) is 1. The molecular formula is C6H14N4O2. The van der Waals surface area contributed by atoms with E-state index in [1.54, 1.807) is 0 Å². The van der Waals surface area contributed by atoms with Crippen LogP contribution in [0.25, 0.3) is 0 Å². The average molecular weight is 179 g/mol. The lowest BCUT2D eigenvalue weighted by Gasteiger charge is -2.03. The van der Waals surface area contributed by atoms with Crippen molar-refractivity contribution >= 4 is 11.9 Å². The number of aliphatic carboxylic acids is 1. The third-order valence-electron chi connectivity index (χ3n) is 0.857. The van der Waals surface area contributed by atoms with E-state index >= 15 is 0 Å². The Morgan fingerprint density at radius 3 is 2.67 bits per heavy atom. The first-order valence-electron chi connectivity index (χ1n) is 5.18. The lowest BCUT2D eigenvalue weighted by atomic mass is 10.3. The fourth-order valence-electron chi connectivity index (χ4n) is 0.341. The van der Waals surface area contributed by atoms with Crippen molar-refractivity contribution in [3.63, 3.8) is 0 Å². The first kappa shape index (κ1) is 5.36. The van der Waals surface area contributed by atoms with E-state index in [9.17, 15) is 4.79 Å². The van der Waals surface area contributed by atoms with Crippen LogP contribution in [-0.2, 0) is 4.79 Å². The molecule has 0 amide bonds. The van der Waals surface area contributed by atoms with Crippen molar-refractivity contribution in [1.29, 1.82) is 0 Å². The predicted molar refractivity (Wildman–Crippen MR) is 45.5 cm³/mol. The van der Waals surface area contributed by atoms with E-state index < -0.39 is 37.3 Å². The molecule has 0 heterocycles. The monoisotopic (exact) mass is 179 g/mol. The van der Waals surface area contributed by atoms with Crippen molar-refractivity contribution in [2.75, 3.05) is 6.50 Å². The van der Waals surface area contributed by atoms with Crippen molar-refractivity contribution in [2.24, 2.45) is 22.2 Å². The Kier molecular flexibility index (Phi) is 2.40. The van der Waals surface area contributed by atoms with Gasteiger partial charge in [-0.1, -0.05) is 0 Å². The maximum Gasteiger partial charge on any atom is 0.320 e. The fourth-order valence-corrected chi connectivity index (χ4v) is 0.341. The highest BCUT2D eigenvalue weighted by Crippen LogP contribution is 1.94. The second-order valence-corrected chi connectivity index (χ2v) is 1.89. The van der Waals surface area contributed by atoms with Gasteiger partial charge in [-0.15, -0.1) is 0 Å². The van der Waals surface area contributed by atoms with Gasteiger partial charge in [0, 0.05) is 9.24 Å². The summed E-state index contributed by atoms with van der Waals surface area (Å²) in [6.07, 6.45) is -3.49. The molecule has 3 unspecified atom stereocenters. The number of guanidine groups is 1. The van der Waals surface area contributed by atoms with Crippen LogP contribution in [0.15, 0.2) is 4.99 Å². The number of nitrogens with zero attached hydrogens (tertiary/aromatic N) is 1. The molecule has 0 saturated carbocycles. The molecule has 6 heteroatoms. The summed E-state index contributed by atoms with van der Waals surface area (Å²) in [4.78, 5) is 13.6. The van der Waals surface area contributed by atoms with Crippen LogP contribution in [0.1, 0.15) is 18.3 Å². The molecule has 0 bridgehead atoms. The Morgan fingerprint density at radius 1 is 1.67 bits per heavy atom. The minimum atomic E-state index is -2.56. The largest absolute Gasteiger partial charge is 0.480 e. The molecule has 12 heavy (non-hydrogen) atoms. The summed E-state index contributed by atoms with van der Waals surface area (Å²) in [5, 5.41) is 8.51. The molecule has 0 saturated heterocycles. The van der Waals surface area contributed by atoms with Crippen LogP contribution in [0.4, 0.5) is 0 Å². The Morgan fingerprint density at radius 2 is 2.25 bits per heavy atom. The Bertz CT molecular complexity index is 294. The molecular weight excluding hydrogens is 161 g/mol. The molecule has 0 spiro atoms. The van der Waals surface area contributed by atoms with E-state index in [1.165, 1.54) is 0 Å². The van der Waals surface area contributed by atoms with Crippen molar-refractivity contribution in [3.05, 3.63) is 0 Å². The maximum absolute atomic E-state index is 10.5. The third kappa shape index (κ3) is 5.48. The van der Waals surface area contributed by atoms with E-state index in [-0.39, 0.29) is 0 Å². The molecule has 70 valence electrons. The molecule has 7 N–H and O–H groups in total. The van der Waals surface area contributed by atoms with Gasteiger partial charge in [0.1, 0.15) is 6.04 Å². The van der Waals surface area contributed by atoms with Crippen LogP contribution in [-0.4, -0.2) is 29.6 Å². The SMILES string of the molecule is [2H]C(C([2H])C([2H])([2H])N=C(N)N)[13CH](N)C(=O)O. The van der Waals surface area contributed by atoms with Crippen LogP contribution in [0, 0.1) is 0 Å². The fraction of sp³-hybridized carbons (Fsp3) is 0.667. The molecule has 3 atom stereocenters. The molecule has 0 fully saturated rings. The molecule has 0 aromatic carbocycles. The standard InChI is InChI=1S/C6H14N4O2/c7-4(5(11)12)2-1-3-10-6(8)9/h4H,1-3,7H2,(H,11,12)(H4,8,9,10)/i1D,2D,3D2,4+1. The van der Waals surface area contributed by atoms with Gasteiger partial charge in [0.25, 0.3) is 0 Å². The molecule has 6 nitrogen and oxygen atoms in total. The number of carbonyl (C=O) groups is 1. The van der Waals surface area contributed by atoms with E-state index in [0.717, 1.165) is 0 Å². The molecule has 0 radical (unpaired) electrons. The van der Waals surface area contributed by atoms with Crippen LogP contribution in [0.5, 0.6) is 0 Å². The van der Waals surface area contributed by atoms with Gasteiger partial charge in [-0.25, -0.2) is 0 Å². The lowest BCUT2D eigenvalue weighted by molar-refractivity contribution is -0.138. The van der Waals surface area contributed by atoms with Gasteiger partial charge in [0.2, 0.25) is 0 Å². The van der Waals surface area contributed by atoms with Gasteiger partial charge >= 0.3 is 5.97 Å². The average Bonchev–Trinajstić information content (AvgIpc) is 2.12. The zero-order valence-electron chi connectivity index (χ0n) is 10.3. The summed E-state index contributed by atoms with van der Waals surface area (Å²) in [5.74, 6) is -2.07. The van der Waals surface area contributed by atoms with Crippen molar-refractivity contribution in [1.82, 2.24) is 0 Å². The van der Waals surface area contributed by atoms with Crippen LogP contribution < -0.4 is 17.2 Å². The van der Waals surface area contributed by atoms with Crippen LogP contribution in [0.2, 0.25) is 0 Å². The molecule has 0 aliphatic heterocycles. The summed E-state index contributed by atoms with van der Waals surface area (Å²) in [7, 11) is 0. The Balaban J connectivity index is 4.85. The lowest BCUT2D eigenvalue weighted by Crippen LogP contribution is -2.30. The predicted octanol–water partition coefficient (Wildman–Crippen LogP) is -1.55. The van der Waals surface area contributed by atoms with E-state index in [1.807, 2.05) is 0 Å². The summed E-state index contributed by atoms with van der Waals surface area (Å²) in [6.45, 7) is -2.56. The molecule has 0 aliphatic carbocycles. The van der Waals surface area contributed by atoms with Gasteiger partial charge in [0.15, 0.2) is 5.96 Å². The number of hydrogen-bond donors (Lipinski definition) is 4. The normalized spacial score (nSPS) is 23.4. The van der Waals surface area contributed by atoms with E-state index in [4.69, 9.17) is 27.8 Å². The zero-order chi connectivity index (χ0) is 13.1. The quantitative estimate of drug-likeness (QED) is 0.231. The molecule has 0 rings (SSSR count). The first-order valence-corrected chi connectivity index (χ1v) is 3.03. The molecule has 0 aromatic heterocycles. The Hall–Kier alpha value is -1.30. The summed E-state index contributed by atoms with van der Waals surface area (Å²) in [6, 6.07) is -1.67. The van der Waals surface area contributed by atoms with Gasteiger partial charge in [-0.05, 0) is 12.8 Å². The maximum atomic E-state index is 10.5. The van der Waals surface area contributed by atoms with E-state index in [2.05, 4.69) is 4.99 Å². The zero-order valence-corrected chi connectivity index (χ0v) is 6.27. The molecule has 0 aromatic rings. The highest BCUT2D eigenvalue weighted by Gasteiger charge is 2.09. The van der Waals surface area contributed by atoms with Crippen molar-refractivity contribution in [3.8, 4) is 0 Å².